The van der Waals surface area contributed by atoms with Crippen LogP contribution in [-0.2, 0) is 4.74 Å². The number of morpholine rings is 1. The third kappa shape index (κ3) is 4.62. The average Bonchev–Trinajstić information content (AvgIpc) is 3.20. The summed E-state index contributed by atoms with van der Waals surface area (Å²) in [5.74, 6) is 0. The molecule has 0 spiro atoms. The highest BCUT2D eigenvalue weighted by atomic mass is 16.5. The van der Waals surface area contributed by atoms with Gasteiger partial charge in [0.05, 0.1) is 18.9 Å². The van der Waals surface area contributed by atoms with E-state index in [0.29, 0.717) is 6.54 Å². The lowest BCUT2D eigenvalue weighted by Crippen LogP contribution is -2.60. The van der Waals surface area contributed by atoms with E-state index in [2.05, 4.69) is 20.6 Å². The van der Waals surface area contributed by atoms with Crippen molar-refractivity contribution in [3.63, 3.8) is 0 Å². The van der Waals surface area contributed by atoms with Crippen LogP contribution in [0.15, 0.2) is 36.5 Å². The Morgan fingerprint density at radius 1 is 1.17 bits per heavy atom. The number of anilines is 1. The van der Waals surface area contributed by atoms with E-state index in [1.807, 2.05) is 41.9 Å². The van der Waals surface area contributed by atoms with Gasteiger partial charge < -0.3 is 15.4 Å². The molecule has 2 amide bonds. The van der Waals surface area contributed by atoms with E-state index < -0.39 is 0 Å². The standard InChI is InChI=1S/C22H31N5O2/c1-18-8-11-24-27(18)20-7-5-6-19(16-20)25-21(28)23-17-22(9-3-2-4-10-22)26-12-14-29-15-13-26/h5-8,11,16H,2-4,9-10,12-15,17H2,1H3,(H2,23,25,28). The van der Waals surface area contributed by atoms with Gasteiger partial charge in [-0.2, -0.15) is 5.10 Å². The highest BCUT2D eigenvalue weighted by Crippen LogP contribution is 2.33. The smallest absolute Gasteiger partial charge is 0.319 e. The molecule has 7 nitrogen and oxygen atoms in total. The van der Waals surface area contributed by atoms with Gasteiger partial charge in [0, 0.05) is 42.8 Å². The fourth-order valence-corrected chi connectivity index (χ4v) is 4.63. The third-order valence-corrected chi connectivity index (χ3v) is 6.22. The van der Waals surface area contributed by atoms with Gasteiger partial charge in [-0.1, -0.05) is 25.3 Å². The number of nitrogens with one attached hydrogen (secondary N) is 2. The zero-order valence-electron chi connectivity index (χ0n) is 17.2. The fraction of sp³-hybridized carbons (Fsp3) is 0.545. The number of amides is 2. The highest BCUT2D eigenvalue weighted by molar-refractivity contribution is 5.89. The number of carbonyl (C=O) groups excluding carboxylic acids is 1. The Labute approximate surface area is 172 Å². The number of benzene rings is 1. The zero-order chi connectivity index (χ0) is 20.1. The van der Waals surface area contributed by atoms with Crippen molar-refractivity contribution in [2.24, 2.45) is 0 Å². The van der Waals surface area contributed by atoms with Crippen LogP contribution < -0.4 is 10.6 Å². The van der Waals surface area contributed by atoms with Crippen LogP contribution >= 0.6 is 0 Å². The highest BCUT2D eigenvalue weighted by Gasteiger charge is 2.38. The van der Waals surface area contributed by atoms with Gasteiger partial charge in [-0.25, -0.2) is 9.48 Å². The molecule has 0 atom stereocenters. The van der Waals surface area contributed by atoms with Crippen molar-refractivity contribution in [2.45, 2.75) is 44.6 Å². The third-order valence-electron chi connectivity index (χ3n) is 6.22. The van der Waals surface area contributed by atoms with E-state index in [0.717, 1.165) is 56.2 Å². The van der Waals surface area contributed by atoms with Crippen molar-refractivity contribution in [3.05, 3.63) is 42.2 Å². The van der Waals surface area contributed by atoms with Crippen molar-refractivity contribution in [3.8, 4) is 5.69 Å². The van der Waals surface area contributed by atoms with Crippen LogP contribution in [-0.4, -0.2) is 59.1 Å². The molecule has 4 rings (SSSR count). The lowest BCUT2D eigenvalue weighted by molar-refractivity contribution is -0.0356. The summed E-state index contributed by atoms with van der Waals surface area (Å²) < 4.78 is 7.40. The number of aromatic nitrogens is 2. The molecule has 0 bridgehead atoms. The summed E-state index contributed by atoms with van der Waals surface area (Å²) in [4.78, 5) is 15.2. The molecule has 0 radical (unpaired) electrons. The molecule has 1 aromatic heterocycles. The lowest BCUT2D eigenvalue weighted by atomic mass is 9.80. The van der Waals surface area contributed by atoms with Crippen molar-refractivity contribution >= 4 is 11.7 Å². The second kappa shape index (κ2) is 8.97. The number of rotatable bonds is 5. The van der Waals surface area contributed by atoms with E-state index in [4.69, 9.17) is 4.74 Å². The quantitative estimate of drug-likeness (QED) is 0.812. The van der Waals surface area contributed by atoms with E-state index in [9.17, 15) is 4.79 Å². The molecule has 0 unspecified atom stereocenters. The van der Waals surface area contributed by atoms with Crippen LogP contribution in [0.1, 0.15) is 37.8 Å². The molecule has 1 aromatic carbocycles. The molecule has 2 aromatic rings. The Hall–Kier alpha value is -2.38. The first-order chi connectivity index (χ1) is 14.2. The summed E-state index contributed by atoms with van der Waals surface area (Å²) in [6, 6.07) is 9.57. The predicted molar refractivity (Wildman–Crippen MR) is 114 cm³/mol. The summed E-state index contributed by atoms with van der Waals surface area (Å²) >= 11 is 0. The van der Waals surface area contributed by atoms with E-state index in [1.54, 1.807) is 6.20 Å². The van der Waals surface area contributed by atoms with Crippen LogP contribution in [0.3, 0.4) is 0 Å². The van der Waals surface area contributed by atoms with E-state index >= 15 is 0 Å². The fourth-order valence-electron chi connectivity index (χ4n) is 4.63. The molecule has 1 aliphatic heterocycles. The Balaban J connectivity index is 1.39. The summed E-state index contributed by atoms with van der Waals surface area (Å²) in [5, 5.41) is 10.5. The van der Waals surface area contributed by atoms with Gasteiger partial charge in [-0.05, 0) is 44.0 Å². The monoisotopic (exact) mass is 397 g/mol. The van der Waals surface area contributed by atoms with Crippen LogP contribution in [0.2, 0.25) is 0 Å². The van der Waals surface area contributed by atoms with Gasteiger partial charge in [0.2, 0.25) is 0 Å². The molecular formula is C22H31N5O2. The normalized spacial score (nSPS) is 19.6. The molecule has 2 fully saturated rings. The predicted octanol–water partition coefficient (Wildman–Crippen LogP) is 3.34. The maximum atomic E-state index is 12.7. The summed E-state index contributed by atoms with van der Waals surface area (Å²) in [6.07, 6.45) is 7.80. The molecule has 156 valence electrons. The SMILES string of the molecule is Cc1ccnn1-c1cccc(NC(=O)NCC2(N3CCOCC3)CCCCC2)c1. The first kappa shape index (κ1) is 19.9. The van der Waals surface area contributed by atoms with Crippen molar-refractivity contribution in [2.75, 3.05) is 38.2 Å². The second-order valence-corrected chi connectivity index (χ2v) is 8.13. The van der Waals surface area contributed by atoms with Gasteiger partial charge in [-0.15, -0.1) is 0 Å². The maximum Gasteiger partial charge on any atom is 0.319 e. The zero-order valence-corrected chi connectivity index (χ0v) is 17.2. The van der Waals surface area contributed by atoms with Gasteiger partial charge in [0.1, 0.15) is 0 Å². The number of ether oxygens (including phenoxy) is 1. The lowest BCUT2D eigenvalue weighted by Gasteiger charge is -2.48. The van der Waals surface area contributed by atoms with E-state index in [-0.39, 0.29) is 11.6 Å². The van der Waals surface area contributed by atoms with Crippen molar-refractivity contribution in [1.82, 2.24) is 20.0 Å². The Morgan fingerprint density at radius 3 is 2.69 bits per heavy atom. The Morgan fingerprint density at radius 2 is 1.97 bits per heavy atom. The topological polar surface area (TPSA) is 71.4 Å². The van der Waals surface area contributed by atoms with Crippen LogP contribution in [0, 0.1) is 6.92 Å². The Bertz CT molecular complexity index is 822. The number of aryl methyl sites for hydroxylation is 1. The molecule has 2 heterocycles. The van der Waals surface area contributed by atoms with Crippen LogP contribution in [0.25, 0.3) is 5.69 Å². The number of urea groups is 1. The van der Waals surface area contributed by atoms with Gasteiger partial charge >= 0.3 is 6.03 Å². The molecule has 1 saturated carbocycles. The molecule has 2 aliphatic rings. The van der Waals surface area contributed by atoms with Gasteiger partial charge in [0.25, 0.3) is 0 Å². The summed E-state index contributed by atoms with van der Waals surface area (Å²) in [6.45, 7) is 6.16. The number of hydrogen-bond donors (Lipinski definition) is 2. The number of nitrogens with zero attached hydrogens (tertiary/aromatic N) is 3. The average molecular weight is 398 g/mol. The minimum atomic E-state index is -0.155. The Kier molecular flexibility index (Phi) is 6.16. The molecule has 2 N–H and O–H groups in total. The summed E-state index contributed by atoms with van der Waals surface area (Å²) in [7, 11) is 0. The summed E-state index contributed by atoms with van der Waals surface area (Å²) in [5.41, 5.74) is 2.81. The van der Waals surface area contributed by atoms with Crippen molar-refractivity contribution in [1.29, 1.82) is 0 Å². The molecule has 29 heavy (non-hydrogen) atoms. The van der Waals surface area contributed by atoms with Crippen LogP contribution in [0.4, 0.5) is 10.5 Å². The molecule has 7 heteroatoms. The molecular weight excluding hydrogens is 366 g/mol. The van der Waals surface area contributed by atoms with Gasteiger partial charge in [0.15, 0.2) is 0 Å². The largest absolute Gasteiger partial charge is 0.379 e. The second-order valence-electron chi connectivity index (χ2n) is 8.13. The number of carbonyl (C=O) groups is 1. The van der Waals surface area contributed by atoms with E-state index in [1.165, 1.54) is 19.3 Å². The molecule has 1 aliphatic carbocycles. The maximum absolute atomic E-state index is 12.7. The first-order valence-corrected chi connectivity index (χ1v) is 10.7. The minimum Gasteiger partial charge on any atom is -0.379 e. The molecule has 1 saturated heterocycles. The van der Waals surface area contributed by atoms with Crippen LogP contribution in [0.5, 0.6) is 0 Å². The first-order valence-electron chi connectivity index (χ1n) is 10.7. The van der Waals surface area contributed by atoms with Gasteiger partial charge in [-0.3, -0.25) is 4.90 Å². The number of hydrogen-bond acceptors (Lipinski definition) is 4. The van der Waals surface area contributed by atoms with Crippen molar-refractivity contribution < 1.29 is 9.53 Å². The minimum absolute atomic E-state index is 0.0629.